The number of carboxylic acid groups (broad SMARTS) is 1. The Morgan fingerprint density at radius 3 is 2.33 bits per heavy atom. The Morgan fingerprint density at radius 1 is 1.05 bits per heavy atom. The van der Waals surface area contributed by atoms with Crippen LogP contribution in [0, 0.1) is 0 Å². The fraction of sp³-hybridized carbons (Fsp3) is 0. The Labute approximate surface area is 134 Å². The number of amides is 2. The van der Waals surface area contributed by atoms with Gasteiger partial charge in [0.05, 0.1) is 10.6 Å². The van der Waals surface area contributed by atoms with E-state index in [0.717, 1.165) is 4.47 Å². The van der Waals surface area contributed by atoms with Crippen molar-refractivity contribution >= 4 is 50.9 Å². The molecular formula is C14H10BrClN2O3. The van der Waals surface area contributed by atoms with Crippen LogP contribution in [0.2, 0.25) is 5.02 Å². The summed E-state index contributed by atoms with van der Waals surface area (Å²) in [5.41, 5.74) is 1.00. The van der Waals surface area contributed by atoms with E-state index in [1.54, 1.807) is 30.3 Å². The molecule has 7 heteroatoms. The lowest BCUT2D eigenvalue weighted by Gasteiger charge is -2.09. The number of rotatable bonds is 3. The van der Waals surface area contributed by atoms with Gasteiger partial charge in [0.2, 0.25) is 0 Å². The molecule has 2 aromatic carbocycles. The molecule has 21 heavy (non-hydrogen) atoms. The van der Waals surface area contributed by atoms with Crippen molar-refractivity contribution in [3.05, 3.63) is 57.5 Å². The Hall–Kier alpha value is -2.05. The molecule has 2 amide bonds. The van der Waals surface area contributed by atoms with E-state index >= 15 is 0 Å². The van der Waals surface area contributed by atoms with E-state index in [2.05, 4.69) is 26.6 Å². The van der Waals surface area contributed by atoms with Crippen LogP contribution < -0.4 is 10.6 Å². The number of halogens is 2. The zero-order valence-corrected chi connectivity index (χ0v) is 12.9. The smallest absolute Gasteiger partial charge is 0.335 e. The van der Waals surface area contributed by atoms with Gasteiger partial charge < -0.3 is 15.7 Å². The molecule has 0 spiro atoms. The number of carboxylic acids is 1. The van der Waals surface area contributed by atoms with Gasteiger partial charge in [0.25, 0.3) is 0 Å². The summed E-state index contributed by atoms with van der Waals surface area (Å²) in [7, 11) is 0. The minimum Gasteiger partial charge on any atom is -0.478 e. The number of urea groups is 1. The van der Waals surface area contributed by atoms with Crippen molar-refractivity contribution in [1.82, 2.24) is 0 Å². The van der Waals surface area contributed by atoms with E-state index in [4.69, 9.17) is 16.7 Å². The first-order chi connectivity index (χ1) is 9.95. The normalized spacial score (nSPS) is 10.0. The van der Waals surface area contributed by atoms with Gasteiger partial charge >= 0.3 is 12.0 Å². The number of carbonyl (C=O) groups excluding carboxylic acids is 1. The number of carbonyl (C=O) groups is 2. The second-order valence-corrected chi connectivity index (χ2v) is 5.36. The van der Waals surface area contributed by atoms with Crippen LogP contribution >= 0.6 is 27.5 Å². The molecule has 2 rings (SSSR count). The van der Waals surface area contributed by atoms with Crippen LogP contribution in [0.25, 0.3) is 0 Å². The summed E-state index contributed by atoms with van der Waals surface area (Å²) in [5, 5.41) is 14.5. The third-order valence-corrected chi connectivity index (χ3v) is 3.78. The standard InChI is InChI=1S/C14H10BrClN2O3/c15-11-5-4-10(7-12(11)16)18-14(21)17-9-3-1-2-8(6-9)13(19)20/h1-7H,(H,19,20)(H2,17,18,21). The Balaban J connectivity index is 2.06. The molecular weight excluding hydrogens is 360 g/mol. The summed E-state index contributed by atoms with van der Waals surface area (Å²) >= 11 is 9.18. The average molecular weight is 370 g/mol. The molecule has 0 aliphatic rings. The molecule has 0 fully saturated rings. The first-order valence-corrected chi connectivity index (χ1v) is 6.99. The van der Waals surface area contributed by atoms with Crippen LogP contribution in [0.1, 0.15) is 10.4 Å². The maximum atomic E-state index is 11.8. The van der Waals surface area contributed by atoms with Crippen LogP contribution in [0.3, 0.4) is 0 Å². The fourth-order valence-corrected chi connectivity index (χ4v) is 2.02. The molecule has 0 aliphatic carbocycles. The van der Waals surface area contributed by atoms with Crippen molar-refractivity contribution in [2.24, 2.45) is 0 Å². The summed E-state index contributed by atoms with van der Waals surface area (Å²) in [6.07, 6.45) is 0. The number of aromatic carboxylic acids is 1. The third-order valence-electron chi connectivity index (χ3n) is 2.54. The molecule has 108 valence electrons. The molecule has 0 atom stereocenters. The van der Waals surface area contributed by atoms with Gasteiger partial charge in [-0.3, -0.25) is 0 Å². The largest absolute Gasteiger partial charge is 0.478 e. The van der Waals surface area contributed by atoms with Gasteiger partial charge in [0.1, 0.15) is 0 Å². The minimum absolute atomic E-state index is 0.0967. The number of nitrogens with one attached hydrogen (secondary N) is 2. The highest BCUT2D eigenvalue weighted by molar-refractivity contribution is 9.10. The lowest BCUT2D eigenvalue weighted by molar-refractivity contribution is 0.0697. The van der Waals surface area contributed by atoms with Crippen molar-refractivity contribution in [1.29, 1.82) is 0 Å². The van der Waals surface area contributed by atoms with Crippen molar-refractivity contribution < 1.29 is 14.7 Å². The fourth-order valence-electron chi connectivity index (χ4n) is 1.60. The molecule has 0 aromatic heterocycles. The van der Waals surface area contributed by atoms with Crippen molar-refractivity contribution in [3.8, 4) is 0 Å². The van der Waals surface area contributed by atoms with Crippen LogP contribution in [-0.2, 0) is 0 Å². The van der Waals surface area contributed by atoms with Crippen LogP contribution in [-0.4, -0.2) is 17.1 Å². The first-order valence-electron chi connectivity index (χ1n) is 5.82. The monoisotopic (exact) mass is 368 g/mol. The Kier molecular flexibility index (Phi) is 4.82. The molecule has 0 bridgehead atoms. The van der Waals surface area contributed by atoms with Crippen LogP contribution in [0.15, 0.2) is 46.9 Å². The SMILES string of the molecule is O=C(Nc1cccc(C(=O)O)c1)Nc1ccc(Br)c(Cl)c1. The van der Waals surface area contributed by atoms with E-state index in [1.165, 1.54) is 12.1 Å². The molecule has 0 radical (unpaired) electrons. The van der Waals surface area contributed by atoms with Crippen molar-refractivity contribution in [2.45, 2.75) is 0 Å². The van der Waals surface area contributed by atoms with E-state index < -0.39 is 12.0 Å². The minimum atomic E-state index is -1.06. The second kappa shape index (κ2) is 6.60. The number of anilines is 2. The highest BCUT2D eigenvalue weighted by Crippen LogP contribution is 2.25. The van der Waals surface area contributed by atoms with Gasteiger partial charge in [0.15, 0.2) is 0 Å². The van der Waals surface area contributed by atoms with Crippen molar-refractivity contribution in [2.75, 3.05) is 10.6 Å². The quantitative estimate of drug-likeness (QED) is 0.748. The lowest BCUT2D eigenvalue weighted by Crippen LogP contribution is -2.19. The van der Waals surface area contributed by atoms with Gasteiger partial charge in [-0.05, 0) is 52.3 Å². The Bertz CT molecular complexity index is 706. The zero-order chi connectivity index (χ0) is 15.4. The highest BCUT2D eigenvalue weighted by atomic mass is 79.9. The maximum absolute atomic E-state index is 11.8. The predicted octanol–water partition coefficient (Wildman–Crippen LogP) is 4.44. The molecule has 0 saturated carbocycles. The number of benzene rings is 2. The number of hydrogen-bond donors (Lipinski definition) is 3. The lowest BCUT2D eigenvalue weighted by atomic mass is 10.2. The van der Waals surface area contributed by atoms with E-state index in [-0.39, 0.29) is 5.56 Å². The summed E-state index contributed by atoms with van der Waals surface area (Å²) in [6.45, 7) is 0. The van der Waals surface area contributed by atoms with Gasteiger partial charge in [0, 0.05) is 15.8 Å². The topological polar surface area (TPSA) is 78.4 Å². The predicted molar refractivity (Wildman–Crippen MR) is 85.2 cm³/mol. The van der Waals surface area contributed by atoms with E-state index in [0.29, 0.717) is 16.4 Å². The van der Waals surface area contributed by atoms with Crippen molar-refractivity contribution in [3.63, 3.8) is 0 Å². The summed E-state index contributed by atoms with van der Waals surface area (Å²) in [5.74, 6) is -1.06. The summed E-state index contributed by atoms with van der Waals surface area (Å²) in [6, 6.07) is 10.5. The zero-order valence-electron chi connectivity index (χ0n) is 10.6. The van der Waals surface area contributed by atoms with Gasteiger partial charge in [-0.25, -0.2) is 9.59 Å². The maximum Gasteiger partial charge on any atom is 0.335 e. The Morgan fingerprint density at radius 2 is 1.71 bits per heavy atom. The number of hydrogen-bond acceptors (Lipinski definition) is 2. The second-order valence-electron chi connectivity index (χ2n) is 4.09. The first kappa shape index (κ1) is 15.3. The molecule has 5 nitrogen and oxygen atoms in total. The molecule has 0 heterocycles. The molecule has 0 aliphatic heterocycles. The van der Waals surface area contributed by atoms with Gasteiger partial charge in [-0.15, -0.1) is 0 Å². The summed E-state index contributed by atoms with van der Waals surface area (Å²) < 4.78 is 0.726. The molecule has 0 saturated heterocycles. The van der Waals surface area contributed by atoms with Crippen LogP contribution in [0.4, 0.5) is 16.2 Å². The molecule has 3 N–H and O–H groups in total. The van der Waals surface area contributed by atoms with Crippen LogP contribution in [0.5, 0.6) is 0 Å². The van der Waals surface area contributed by atoms with E-state index in [9.17, 15) is 9.59 Å². The average Bonchev–Trinajstić information content (AvgIpc) is 2.43. The van der Waals surface area contributed by atoms with E-state index in [1.807, 2.05) is 0 Å². The van der Waals surface area contributed by atoms with Gasteiger partial charge in [-0.2, -0.15) is 0 Å². The molecule has 0 unspecified atom stereocenters. The molecule has 2 aromatic rings. The highest BCUT2D eigenvalue weighted by Gasteiger charge is 2.07. The summed E-state index contributed by atoms with van der Waals surface area (Å²) in [4.78, 5) is 22.7. The van der Waals surface area contributed by atoms with Gasteiger partial charge in [-0.1, -0.05) is 17.7 Å². The third kappa shape index (κ3) is 4.21.